The van der Waals surface area contributed by atoms with E-state index in [0.717, 1.165) is 13.1 Å². The number of likely N-dealkylation sites (tertiary alicyclic amines) is 1. The maximum atomic E-state index is 12.5. The first kappa shape index (κ1) is 13.1. The summed E-state index contributed by atoms with van der Waals surface area (Å²) >= 11 is 0. The van der Waals surface area contributed by atoms with Gasteiger partial charge in [0.25, 0.3) is 0 Å². The van der Waals surface area contributed by atoms with E-state index >= 15 is 0 Å². The molecule has 0 bridgehead atoms. The molecular formula is C9H16ClF3N2. The van der Waals surface area contributed by atoms with Crippen LogP contribution in [0.5, 0.6) is 0 Å². The normalized spacial score (nSPS) is 33.6. The highest BCUT2D eigenvalue weighted by molar-refractivity contribution is 5.85. The second-order valence-corrected chi connectivity index (χ2v) is 4.23. The van der Waals surface area contributed by atoms with Gasteiger partial charge >= 0.3 is 6.18 Å². The quantitative estimate of drug-likeness (QED) is 0.755. The van der Waals surface area contributed by atoms with Gasteiger partial charge in [0.1, 0.15) is 0 Å². The van der Waals surface area contributed by atoms with Crippen LogP contribution in [-0.4, -0.2) is 42.8 Å². The fourth-order valence-electron chi connectivity index (χ4n) is 2.42. The van der Waals surface area contributed by atoms with Crippen LogP contribution in [0.1, 0.15) is 13.3 Å². The Balaban J connectivity index is 0.00000112. The lowest BCUT2D eigenvalue weighted by molar-refractivity contribution is -0.179. The molecule has 1 N–H and O–H groups in total. The second kappa shape index (κ2) is 4.47. The molecule has 0 aromatic heterocycles. The average molecular weight is 245 g/mol. The number of alkyl halides is 3. The van der Waals surface area contributed by atoms with Gasteiger partial charge in [-0.05, 0) is 19.9 Å². The fraction of sp³-hybridized carbons (Fsp3) is 1.00. The summed E-state index contributed by atoms with van der Waals surface area (Å²) in [6, 6.07) is -0.0144. The van der Waals surface area contributed by atoms with Crippen molar-refractivity contribution in [2.45, 2.75) is 31.6 Å². The highest BCUT2D eigenvalue weighted by Crippen LogP contribution is 2.39. The lowest BCUT2D eigenvalue weighted by Gasteiger charge is -2.39. The first-order valence-electron chi connectivity index (χ1n) is 5.03. The Labute approximate surface area is 93.6 Å². The summed E-state index contributed by atoms with van der Waals surface area (Å²) in [4.78, 5) is 1.99. The highest BCUT2D eigenvalue weighted by Gasteiger charge is 2.50. The molecule has 2 aliphatic heterocycles. The van der Waals surface area contributed by atoms with Gasteiger partial charge in [-0.3, -0.25) is 4.90 Å². The summed E-state index contributed by atoms with van der Waals surface area (Å²) < 4.78 is 37.6. The van der Waals surface area contributed by atoms with Crippen molar-refractivity contribution in [2.75, 3.05) is 19.6 Å². The van der Waals surface area contributed by atoms with Crippen molar-refractivity contribution in [2.24, 2.45) is 5.92 Å². The van der Waals surface area contributed by atoms with Crippen LogP contribution in [0, 0.1) is 5.92 Å². The van der Waals surface area contributed by atoms with Gasteiger partial charge in [0.2, 0.25) is 0 Å². The van der Waals surface area contributed by atoms with Crippen molar-refractivity contribution in [3.05, 3.63) is 0 Å². The molecule has 2 nitrogen and oxygen atoms in total. The molecule has 2 rings (SSSR count). The van der Waals surface area contributed by atoms with Crippen molar-refractivity contribution < 1.29 is 13.2 Å². The predicted molar refractivity (Wildman–Crippen MR) is 54.2 cm³/mol. The second-order valence-electron chi connectivity index (χ2n) is 4.23. The molecule has 0 saturated carbocycles. The zero-order valence-corrected chi connectivity index (χ0v) is 9.37. The van der Waals surface area contributed by atoms with Crippen LogP contribution in [0.3, 0.4) is 0 Å². The van der Waals surface area contributed by atoms with Crippen molar-refractivity contribution in [3.63, 3.8) is 0 Å². The van der Waals surface area contributed by atoms with Gasteiger partial charge in [0.05, 0.1) is 5.92 Å². The first-order valence-corrected chi connectivity index (χ1v) is 5.03. The Hall–Kier alpha value is 0. The Morgan fingerprint density at radius 3 is 2.20 bits per heavy atom. The van der Waals surface area contributed by atoms with Crippen molar-refractivity contribution in [1.82, 2.24) is 10.2 Å². The van der Waals surface area contributed by atoms with E-state index in [1.54, 1.807) is 6.92 Å². The maximum absolute atomic E-state index is 12.5. The molecule has 2 aliphatic rings. The highest BCUT2D eigenvalue weighted by atomic mass is 35.5. The third-order valence-corrected chi connectivity index (χ3v) is 3.45. The van der Waals surface area contributed by atoms with Crippen molar-refractivity contribution in [1.29, 1.82) is 0 Å². The van der Waals surface area contributed by atoms with E-state index in [-0.39, 0.29) is 24.9 Å². The van der Waals surface area contributed by atoms with E-state index in [9.17, 15) is 13.2 Å². The Morgan fingerprint density at radius 1 is 1.27 bits per heavy atom. The topological polar surface area (TPSA) is 15.3 Å². The number of nitrogens with one attached hydrogen (secondary N) is 1. The predicted octanol–water partition coefficient (Wildman–Crippen LogP) is 1.65. The summed E-state index contributed by atoms with van der Waals surface area (Å²) in [6.07, 6.45) is -3.76. The molecule has 90 valence electrons. The molecule has 0 amide bonds. The summed E-state index contributed by atoms with van der Waals surface area (Å²) in [5, 5.41) is 3.09. The van der Waals surface area contributed by atoms with Gasteiger partial charge in [-0.25, -0.2) is 0 Å². The van der Waals surface area contributed by atoms with Crippen LogP contribution in [0.2, 0.25) is 0 Å². The monoisotopic (exact) mass is 244 g/mol. The largest absolute Gasteiger partial charge is 0.393 e. The lowest BCUT2D eigenvalue weighted by atomic mass is 10.0. The van der Waals surface area contributed by atoms with Crippen molar-refractivity contribution in [3.8, 4) is 0 Å². The fourth-order valence-corrected chi connectivity index (χ4v) is 2.42. The number of hydrogen-bond donors (Lipinski definition) is 1. The van der Waals surface area contributed by atoms with Crippen LogP contribution in [0.4, 0.5) is 13.2 Å². The minimum atomic E-state index is -4.02. The molecule has 6 heteroatoms. The molecule has 0 aromatic rings. The summed E-state index contributed by atoms with van der Waals surface area (Å²) in [5.41, 5.74) is 0. The van der Waals surface area contributed by atoms with Gasteiger partial charge in [-0.2, -0.15) is 13.2 Å². The molecule has 0 aliphatic carbocycles. The van der Waals surface area contributed by atoms with E-state index < -0.39 is 12.1 Å². The number of halogens is 4. The minimum absolute atomic E-state index is 0. The van der Waals surface area contributed by atoms with E-state index in [0.29, 0.717) is 12.6 Å². The summed E-state index contributed by atoms with van der Waals surface area (Å²) in [5.74, 6) is -1.12. The molecule has 0 spiro atoms. The van der Waals surface area contributed by atoms with Gasteiger partial charge in [-0.1, -0.05) is 0 Å². The van der Waals surface area contributed by atoms with E-state index in [1.165, 1.54) is 0 Å². The number of rotatable bonds is 1. The van der Waals surface area contributed by atoms with E-state index in [1.807, 2.05) is 4.90 Å². The van der Waals surface area contributed by atoms with Gasteiger partial charge in [0, 0.05) is 25.2 Å². The van der Waals surface area contributed by atoms with Gasteiger partial charge in [-0.15, -0.1) is 12.4 Å². The molecule has 15 heavy (non-hydrogen) atoms. The Morgan fingerprint density at radius 2 is 1.87 bits per heavy atom. The third-order valence-electron chi connectivity index (χ3n) is 3.45. The molecule has 2 atom stereocenters. The van der Waals surface area contributed by atoms with Crippen molar-refractivity contribution >= 4 is 12.4 Å². The van der Waals surface area contributed by atoms with Crippen LogP contribution in [-0.2, 0) is 0 Å². The standard InChI is InChI=1S/C9H15F3N2.ClH/c1-6-8(9(10,11)12)2-3-14(6)7-4-13-5-7;/h6-8,13H,2-5H2,1H3;1H. The first-order chi connectivity index (χ1) is 6.50. The molecule has 2 fully saturated rings. The third kappa shape index (κ3) is 2.40. The SMILES string of the molecule is CC1C(C(F)(F)F)CCN1C1CNC1.Cl. The summed E-state index contributed by atoms with van der Waals surface area (Å²) in [7, 11) is 0. The molecule has 0 aromatic carbocycles. The minimum Gasteiger partial charge on any atom is -0.314 e. The number of nitrogens with zero attached hydrogens (tertiary/aromatic N) is 1. The molecule has 2 heterocycles. The Bertz CT molecular complexity index is 218. The van der Waals surface area contributed by atoms with E-state index in [4.69, 9.17) is 0 Å². The molecule has 2 saturated heterocycles. The van der Waals surface area contributed by atoms with Crippen LogP contribution < -0.4 is 5.32 Å². The summed E-state index contributed by atoms with van der Waals surface area (Å²) in [6.45, 7) is 3.98. The van der Waals surface area contributed by atoms with Gasteiger partial charge in [0.15, 0.2) is 0 Å². The van der Waals surface area contributed by atoms with Gasteiger partial charge < -0.3 is 5.32 Å². The lowest BCUT2D eigenvalue weighted by Crippen LogP contribution is -2.58. The zero-order chi connectivity index (χ0) is 10.3. The Kier molecular flexibility index (Phi) is 3.90. The van der Waals surface area contributed by atoms with Crippen LogP contribution >= 0.6 is 12.4 Å². The molecular weight excluding hydrogens is 229 g/mol. The molecule has 2 unspecified atom stereocenters. The smallest absolute Gasteiger partial charge is 0.314 e. The van der Waals surface area contributed by atoms with Crippen LogP contribution in [0.15, 0.2) is 0 Å². The number of hydrogen-bond acceptors (Lipinski definition) is 2. The zero-order valence-electron chi connectivity index (χ0n) is 8.55. The van der Waals surface area contributed by atoms with E-state index in [2.05, 4.69) is 5.32 Å². The van der Waals surface area contributed by atoms with Crippen LogP contribution in [0.25, 0.3) is 0 Å². The molecule has 0 radical (unpaired) electrons. The maximum Gasteiger partial charge on any atom is 0.393 e. The average Bonchev–Trinajstić information content (AvgIpc) is 2.28.